The lowest BCUT2D eigenvalue weighted by atomic mass is 10.1. The third-order valence-corrected chi connectivity index (χ3v) is 3.39. The molecule has 0 aromatic heterocycles. The molecule has 0 atom stereocenters. The summed E-state index contributed by atoms with van der Waals surface area (Å²) in [6.45, 7) is 3.30. The van der Waals surface area contributed by atoms with Gasteiger partial charge in [0.05, 0.1) is 5.71 Å². The second kappa shape index (κ2) is 7.00. The van der Waals surface area contributed by atoms with Crippen molar-refractivity contribution >= 4 is 29.0 Å². The van der Waals surface area contributed by atoms with Gasteiger partial charge in [0.25, 0.3) is 5.91 Å². The van der Waals surface area contributed by atoms with Crippen LogP contribution >= 0.6 is 11.6 Å². The number of rotatable bonds is 4. The number of nitrogens with zero attached hydrogens (tertiary/aromatic N) is 1. The molecule has 1 amide bonds. The van der Waals surface area contributed by atoms with E-state index in [0.29, 0.717) is 21.9 Å². The number of ketones is 1. The predicted octanol–water partition coefficient (Wildman–Crippen LogP) is 3.70. The van der Waals surface area contributed by atoms with Crippen molar-refractivity contribution in [2.45, 2.75) is 13.8 Å². The van der Waals surface area contributed by atoms with E-state index in [0.717, 1.165) is 5.56 Å². The van der Waals surface area contributed by atoms with Crippen molar-refractivity contribution in [1.29, 1.82) is 0 Å². The van der Waals surface area contributed by atoms with Crippen LogP contribution in [-0.4, -0.2) is 17.4 Å². The quantitative estimate of drug-likeness (QED) is 0.531. The molecule has 0 aliphatic rings. The molecule has 4 nitrogen and oxygen atoms in total. The number of hydrazone groups is 1. The number of carbonyl (C=O) groups is 2. The molecule has 0 radical (unpaired) electrons. The van der Waals surface area contributed by atoms with E-state index in [-0.39, 0.29) is 11.7 Å². The summed E-state index contributed by atoms with van der Waals surface area (Å²) in [4.78, 5) is 23.2. The molecule has 0 spiro atoms. The molecule has 0 aliphatic carbocycles. The summed E-state index contributed by atoms with van der Waals surface area (Å²) in [5.41, 5.74) is 5.10. The molecular weight excluding hydrogens is 300 g/mol. The number of amides is 1. The van der Waals surface area contributed by atoms with Crippen LogP contribution in [0.3, 0.4) is 0 Å². The summed E-state index contributed by atoms with van der Waals surface area (Å²) in [7, 11) is 0. The van der Waals surface area contributed by atoms with Crippen molar-refractivity contribution in [2.75, 3.05) is 0 Å². The fraction of sp³-hybridized carbons (Fsp3) is 0.118. The van der Waals surface area contributed by atoms with Gasteiger partial charge in [0.1, 0.15) is 0 Å². The van der Waals surface area contributed by atoms with E-state index in [4.69, 9.17) is 11.6 Å². The van der Waals surface area contributed by atoms with Gasteiger partial charge in [0.2, 0.25) is 0 Å². The van der Waals surface area contributed by atoms with Crippen LogP contribution in [0.2, 0.25) is 5.02 Å². The van der Waals surface area contributed by atoms with Crippen molar-refractivity contribution in [2.24, 2.45) is 5.10 Å². The van der Waals surface area contributed by atoms with E-state index in [1.165, 1.54) is 6.92 Å². The topological polar surface area (TPSA) is 58.5 Å². The Kier molecular flexibility index (Phi) is 5.07. The number of hydrogen-bond acceptors (Lipinski definition) is 3. The second-order valence-electron chi connectivity index (χ2n) is 4.78. The van der Waals surface area contributed by atoms with Gasteiger partial charge in [0.15, 0.2) is 5.78 Å². The molecule has 112 valence electrons. The lowest BCUT2D eigenvalue weighted by Crippen LogP contribution is -2.19. The van der Waals surface area contributed by atoms with Gasteiger partial charge >= 0.3 is 0 Å². The largest absolute Gasteiger partial charge is 0.295 e. The number of nitrogens with one attached hydrogen (secondary N) is 1. The minimum absolute atomic E-state index is 0.0113. The van der Waals surface area contributed by atoms with Gasteiger partial charge in [-0.2, -0.15) is 5.10 Å². The molecule has 0 unspecified atom stereocenters. The molecule has 0 fully saturated rings. The summed E-state index contributed by atoms with van der Waals surface area (Å²) < 4.78 is 0. The van der Waals surface area contributed by atoms with Gasteiger partial charge in [-0.05, 0) is 43.7 Å². The van der Waals surface area contributed by atoms with Crippen molar-refractivity contribution < 1.29 is 9.59 Å². The lowest BCUT2D eigenvalue weighted by molar-refractivity contribution is 0.0954. The fourth-order valence-electron chi connectivity index (χ4n) is 1.81. The molecule has 22 heavy (non-hydrogen) atoms. The van der Waals surface area contributed by atoms with Gasteiger partial charge in [-0.1, -0.05) is 35.9 Å². The van der Waals surface area contributed by atoms with E-state index in [2.05, 4.69) is 10.5 Å². The summed E-state index contributed by atoms with van der Waals surface area (Å²) in [5.74, 6) is -0.298. The highest BCUT2D eigenvalue weighted by molar-refractivity contribution is 6.30. The summed E-state index contributed by atoms with van der Waals surface area (Å²) >= 11 is 5.78. The molecule has 0 saturated heterocycles. The van der Waals surface area contributed by atoms with Crippen LogP contribution in [-0.2, 0) is 0 Å². The zero-order valence-electron chi connectivity index (χ0n) is 12.3. The summed E-state index contributed by atoms with van der Waals surface area (Å²) in [6, 6.07) is 13.6. The van der Waals surface area contributed by atoms with Crippen molar-refractivity contribution in [3.8, 4) is 0 Å². The van der Waals surface area contributed by atoms with E-state index in [1.54, 1.807) is 55.5 Å². The first-order valence-corrected chi connectivity index (χ1v) is 7.07. The van der Waals surface area contributed by atoms with Gasteiger partial charge in [-0.25, -0.2) is 5.43 Å². The molecule has 0 bridgehead atoms. The first-order chi connectivity index (χ1) is 10.5. The van der Waals surface area contributed by atoms with Crippen LogP contribution in [0.1, 0.15) is 40.1 Å². The van der Waals surface area contributed by atoms with E-state index in [9.17, 15) is 9.59 Å². The molecular formula is C17H15ClN2O2. The van der Waals surface area contributed by atoms with Crippen molar-refractivity contribution in [1.82, 2.24) is 5.43 Å². The predicted molar refractivity (Wildman–Crippen MR) is 87.6 cm³/mol. The van der Waals surface area contributed by atoms with Crippen LogP contribution in [0, 0.1) is 0 Å². The monoisotopic (exact) mass is 314 g/mol. The molecule has 0 saturated carbocycles. The second-order valence-corrected chi connectivity index (χ2v) is 5.22. The number of carbonyl (C=O) groups excluding carboxylic acids is 2. The SMILES string of the molecule is CC(=O)c1ccc(/C(C)=N\NC(=O)c2ccc(Cl)cc2)cc1. The van der Waals surface area contributed by atoms with Gasteiger partial charge in [0, 0.05) is 16.1 Å². The Morgan fingerprint density at radius 2 is 1.36 bits per heavy atom. The molecule has 0 aliphatic heterocycles. The Bertz CT molecular complexity index is 719. The highest BCUT2D eigenvalue weighted by Gasteiger charge is 2.05. The fourth-order valence-corrected chi connectivity index (χ4v) is 1.94. The maximum absolute atomic E-state index is 11.9. The Morgan fingerprint density at radius 1 is 0.864 bits per heavy atom. The Morgan fingerprint density at radius 3 is 1.91 bits per heavy atom. The minimum Gasteiger partial charge on any atom is -0.295 e. The van der Waals surface area contributed by atoms with Gasteiger partial charge in [-0.15, -0.1) is 0 Å². The van der Waals surface area contributed by atoms with Crippen molar-refractivity contribution in [3.63, 3.8) is 0 Å². The number of Topliss-reactive ketones (excluding diaryl/α,β-unsaturated/α-hetero) is 1. The lowest BCUT2D eigenvalue weighted by Gasteiger charge is -2.04. The van der Waals surface area contributed by atoms with Crippen LogP contribution in [0.25, 0.3) is 0 Å². The Hall–Kier alpha value is -2.46. The van der Waals surface area contributed by atoms with Crippen LogP contribution in [0.5, 0.6) is 0 Å². The van der Waals surface area contributed by atoms with Gasteiger partial charge < -0.3 is 0 Å². The zero-order chi connectivity index (χ0) is 16.1. The van der Waals surface area contributed by atoms with E-state index < -0.39 is 0 Å². The third kappa shape index (κ3) is 4.02. The van der Waals surface area contributed by atoms with E-state index in [1.807, 2.05) is 0 Å². The highest BCUT2D eigenvalue weighted by atomic mass is 35.5. The normalized spacial score (nSPS) is 11.1. The molecule has 1 N–H and O–H groups in total. The maximum Gasteiger partial charge on any atom is 0.271 e. The number of hydrogen-bond donors (Lipinski definition) is 1. The maximum atomic E-state index is 11.9. The Labute approximate surface area is 133 Å². The summed E-state index contributed by atoms with van der Waals surface area (Å²) in [6.07, 6.45) is 0. The van der Waals surface area contributed by atoms with E-state index >= 15 is 0 Å². The van der Waals surface area contributed by atoms with Crippen LogP contribution in [0.4, 0.5) is 0 Å². The van der Waals surface area contributed by atoms with Crippen molar-refractivity contribution in [3.05, 3.63) is 70.2 Å². The minimum atomic E-state index is -0.309. The number of benzene rings is 2. The van der Waals surface area contributed by atoms with Crippen LogP contribution in [0.15, 0.2) is 53.6 Å². The molecule has 2 aromatic carbocycles. The third-order valence-electron chi connectivity index (χ3n) is 3.14. The molecule has 2 aromatic rings. The Balaban J connectivity index is 2.07. The molecule has 2 rings (SSSR count). The first-order valence-electron chi connectivity index (χ1n) is 6.69. The van der Waals surface area contributed by atoms with Crippen LogP contribution < -0.4 is 5.43 Å². The summed E-state index contributed by atoms with van der Waals surface area (Å²) in [5, 5.41) is 4.64. The highest BCUT2D eigenvalue weighted by Crippen LogP contribution is 2.10. The zero-order valence-corrected chi connectivity index (χ0v) is 13.0. The molecule has 0 heterocycles. The van der Waals surface area contributed by atoms with Gasteiger partial charge in [-0.3, -0.25) is 9.59 Å². The standard InChI is InChI=1S/C17H15ClN2O2/c1-11(13-3-5-14(6-4-13)12(2)21)19-20-17(22)15-7-9-16(18)10-8-15/h3-10H,1-2H3,(H,20,22)/b19-11-. The smallest absolute Gasteiger partial charge is 0.271 e. The number of halogens is 1. The first kappa shape index (κ1) is 15.9. The molecule has 5 heteroatoms. The average molecular weight is 315 g/mol. The average Bonchev–Trinajstić information content (AvgIpc) is 2.53.